The summed E-state index contributed by atoms with van der Waals surface area (Å²) in [6, 6.07) is 5.66. The van der Waals surface area contributed by atoms with Gasteiger partial charge in [-0.25, -0.2) is 17.7 Å². The molecule has 2 aromatic rings. The van der Waals surface area contributed by atoms with Crippen LogP contribution in [0.4, 0.5) is 5.69 Å². The van der Waals surface area contributed by atoms with E-state index in [2.05, 4.69) is 15.3 Å². The van der Waals surface area contributed by atoms with Gasteiger partial charge in [0.1, 0.15) is 5.82 Å². The molecule has 1 aromatic heterocycles. The Morgan fingerprint density at radius 2 is 2.08 bits per heavy atom. The van der Waals surface area contributed by atoms with E-state index < -0.39 is 10.0 Å². The average molecular weight is 376 g/mol. The summed E-state index contributed by atoms with van der Waals surface area (Å²) in [5.41, 5.74) is 2.54. The Labute approximate surface area is 153 Å². The zero-order valence-corrected chi connectivity index (χ0v) is 15.7. The molecular weight excluding hydrogens is 352 g/mol. The van der Waals surface area contributed by atoms with Crippen molar-refractivity contribution in [2.75, 3.05) is 24.7 Å². The van der Waals surface area contributed by atoms with Crippen molar-refractivity contribution >= 4 is 32.7 Å². The first-order valence-electron chi connectivity index (χ1n) is 9.16. The minimum atomic E-state index is -3.26. The van der Waals surface area contributed by atoms with Crippen molar-refractivity contribution in [3.05, 3.63) is 24.0 Å². The van der Waals surface area contributed by atoms with Gasteiger partial charge in [0.05, 0.1) is 23.2 Å². The van der Waals surface area contributed by atoms with Gasteiger partial charge in [-0.2, -0.15) is 0 Å². The number of amides is 1. The maximum atomic E-state index is 12.6. The van der Waals surface area contributed by atoms with Crippen molar-refractivity contribution in [2.45, 2.75) is 38.0 Å². The highest BCUT2D eigenvalue weighted by Crippen LogP contribution is 2.35. The standard InChI is InChI=1S/C18H24N4O3S/c1-26(24,25)22-9-3-6-13(11-22)18(23)19-14-7-8-15-16(10-14)21-17(20-15)12-4-2-5-12/h7-8,10,12-13H,2-6,9,11H2,1H3,(H,19,23)(H,20,21)/t13-/m1/s1. The Bertz CT molecular complexity index is 933. The van der Waals surface area contributed by atoms with E-state index >= 15 is 0 Å². The van der Waals surface area contributed by atoms with Crippen LogP contribution in [0.15, 0.2) is 18.2 Å². The normalized spacial score (nSPS) is 22.3. The van der Waals surface area contributed by atoms with E-state index in [1.165, 1.54) is 29.8 Å². The predicted octanol–water partition coefficient (Wildman–Crippen LogP) is 2.44. The number of carbonyl (C=O) groups is 1. The van der Waals surface area contributed by atoms with Crippen LogP contribution in [0.2, 0.25) is 0 Å². The lowest BCUT2D eigenvalue weighted by atomic mass is 9.85. The van der Waals surface area contributed by atoms with Gasteiger partial charge in [0, 0.05) is 24.7 Å². The van der Waals surface area contributed by atoms with Gasteiger partial charge in [-0.05, 0) is 43.9 Å². The second-order valence-corrected chi connectivity index (χ2v) is 9.41. The molecule has 26 heavy (non-hydrogen) atoms. The smallest absolute Gasteiger partial charge is 0.228 e. The van der Waals surface area contributed by atoms with E-state index in [0.29, 0.717) is 31.0 Å². The number of aromatic amines is 1. The molecule has 1 atom stereocenters. The molecule has 1 aliphatic carbocycles. The molecule has 1 amide bonds. The summed E-state index contributed by atoms with van der Waals surface area (Å²) in [5.74, 6) is 1.12. The number of hydrogen-bond acceptors (Lipinski definition) is 4. The minimum absolute atomic E-state index is 0.128. The number of imidazole rings is 1. The first-order chi connectivity index (χ1) is 12.4. The zero-order valence-electron chi connectivity index (χ0n) is 14.9. The van der Waals surface area contributed by atoms with E-state index in [0.717, 1.165) is 16.9 Å². The Kier molecular flexibility index (Phi) is 4.48. The molecule has 8 heteroatoms. The van der Waals surface area contributed by atoms with Gasteiger partial charge < -0.3 is 10.3 Å². The number of carbonyl (C=O) groups excluding carboxylic acids is 1. The number of sulfonamides is 1. The second-order valence-electron chi connectivity index (χ2n) is 7.43. The van der Waals surface area contributed by atoms with Gasteiger partial charge in [-0.1, -0.05) is 6.42 Å². The molecule has 140 valence electrons. The summed E-state index contributed by atoms with van der Waals surface area (Å²) in [7, 11) is -3.26. The number of H-pyrrole nitrogens is 1. The Balaban J connectivity index is 1.46. The predicted molar refractivity (Wildman–Crippen MR) is 100 cm³/mol. The lowest BCUT2D eigenvalue weighted by molar-refractivity contribution is -0.120. The lowest BCUT2D eigenvalue weighted by Gasteiger charge is -2.30. The highest BCUT2D eigenvalue weighted by molar-refractivity contribution is 7.88. The molecule has 2 fully saturated rings. The van der Waals surface area contributed by atoms with Crippen LogP contribution in [0.1, 0.15) is 43.8 Å². The van der Waals surface area contributed by atoms with Crippen LogP contribution >= 0.6 is 0 Å². The van der Waals surface area contributed by atoms with Gasteiger partial charge in [-0.3, -0.25) is 4.79 Å². The fourth-order valence-corrected chi connectivity index (χ4v) is 4.60. The molecule has 1 aliphatic heterocycles. The van der Waals surface area contributed by atoms with E-state index in [1.54, 1.807) is 0 Å². The number of anilines is 1. The third kappa shape index (κ3) is 3.48. The summed E-state index contributed by atoms with van der Waals surface area (Å²) in [6.07, 6.45) is 6.23. The Morgan fingerprint density at radius 1 is 1.27 bits per heavy atom. The van der Waals surface area contributed by atoms with Crippen LogP contribution < -0.4 is 5.32 Å². The summed E-state index contributed by atoms with van der Waals surface area (Å²) in [5, 5.41) is 2.93. The molecule has 0 bridgehead atoms. The quantitative estimate of drug-likeness (QED) is 0.857. The number of nitrogens with zero attached hydrogens (tertiary/aromatic N) is 2. The van der Waals surface area contributed by atoms with E-state index in [4.69, 9.17) is 0 Å². The number of aromatic nitrogens is 2. The molecular formula is C18H24N4O3S. The van der Waals surface area contributed by atoms with E-state index in [1.807, 2.05) is 18.2 Å². The summed E-state index contributed by atoms with van der Waals surface area (Å²) >= 11 is 0. The number of rotatable bonds is 4. The third-order valence-electron chi connectivity index (χ3n) is 5.48. The molecule has 1 aromatic carbocycles. The van der Waals surface area contributed by atoms with Crippen molar-refractivity contribution in [3.63, 3.8) is 0 Å². The van der Waals surface area contributed by atoms with Crippen LogP contribution in [-0.2, 0) is 14.8 Å². The molecule has 2 aliphatic rings. The molecule has 4 rings (SSSR count). The minimum Gasteiger partial charge on any atom is -0.342 e. The van der Waals surface area contributed by atoms with Crippen molar-refractivity contribution in [3.8, 4) is 0 Å². The molecule has 1 saturated carbocycles. The first-order valence-corrected chi connectivity index (χ1v) is 11.0. The molecule has 0 spiro atoms. The molecule has 7 nitrogen and oxygen atoms in total. The number of fused-ring (bicyclic) bond motifs is 1. The van der Waals surface area contributed by atoms with E-state index in [-0.39, 0.29) is 18.4 Å². The summed E-state index contributed by atoms with van der Waals surface area (Å²) in [4.78, 5) is 20.6. The van der Waals surface area contributed by atoms with Crippen LogP contribution in [0.5, 0.6) is 0 Å². The van der Waals surface area contributed by atoms with Gasteiger partial charge in [-0.15, -0.1) is 0 Å². The van der Waals surface area contributed by atoms with Crippen LogP contribution in [0.3, 0.4) is 0 Å². The topological polar surface area (TPSA) is 95.2 Å². The van der Waals surface area contributed by atoms with Crippen molar-refractivity contribution in [1.82, 2.24) is 14.3 Å². The summed E-state index contributed by atoms with van der Waals surface area (Å²) < 4.78 is 24.9. The summed E-state index contributed by atoms with van der Waals surface area (Å²) in [6.45, 7) is 0.745. The largest absolute Gasteiger partial charge is 0.342 e. The molecule has 1 saturated heterocycles. The van der Waals surface area contributed by atoms with Crippen molar-refractivity contribution in [2.24, 2.45) is 5.92 Å². The SMILES string of the molecule is CS(=O)(=O)N1CCC[C@@H](C(=O)Nc2ccc3nc(C4CCC4)[nH]c3c2)C1. The average Bonchev–Trinajstić information content (AvgIpc) is 2.95. The second kappa shape index (κ2) is 6.66. The zero-order chi connectivity index (χ0) is 18.3. The Morgan fingerprint density at radius 3 is 2.77 bits per heavy atom. The van der Waals surface area contributed by atoms with Crippen LogP contribution in [0, 0.1) is 5.92 Å². The van der Waals surface area contributed by atoms with Crippen LogP contribution in [-0.4, -0.2) is 47.9 Å². The molecule has 2 N–H and O–H groups in total. The van der Waals surface area contributed by atoms with Gasteiger partial charge in [0.25, 0.3) is 0 Å². The third-order valence-corrected chi connectivity index (χ3v) is 6.75. The van der Waals surface area contributed by atoms with E-state index in [9.17, 15) is 13.2 Å². The molecule has 0 radical (unpaired) electrons. The van der Waals surface area contributed by atoms with Gasteiger partial charge >= 0.3 is 0 Å². The fourth-order valence-electron chi connectivity index (χ4n) is 3.68. The number of hydrogen-bond donors (Lipinski definition) is 2. The highest BCUT2D eigenvalue weighted by Gasteiger charge is 2.30. The fraction of sp³-hybridized carbons (Fsp3) is 0.556. The van der Waals surface area contributed by atoms with Gasteiger partial charge in [0.15, 0.2) is 0 Å². The van der Waals surface area contributed by atoms with Crippen molar-refractivity contribution < 1.29 is 13.2 Å². The molecule has 0 unspecified atom stereocenters. The molecule has 2 heterocycles. The lowest BCUT2D eigenvalue weighted by Crippen LogP contribution is -2.43. The number of benzene rings is 1. The van der Waals surface area contributed by atoms with Gasteiger partial charge in [0.2, 0.25) is 15.9 Å². The maximum Gasteiger partial charge on any atom is 0.228 e. The number of nitrogens with one attached hydrogen (secondary N) is 2. The highest BCUT2D eigenvalue weighted by atomic mass is 32.2. The number of piperidine rings is 1. The van der Waals surface area contributed by atoms with Crippen LogP contribution in [0.25, 0.3) is 11.0 Å². The van der Waals surface area contributed by atoms with Crippen molar-refractivity contribution in [1.29, 1.82) is 0 Å². The monoisotopic (exact) mass is 376 g/mol. The maximum absolute atomic E-state index is 12.6. The first kappa shape index (κ1) is 17.5. The Hall–Kier alpha value is -1.93.